The van der Waals surface area contributed by atoms with E-state index in [9.17, 15) is 14.4 Å². The van der Waals surface area contributed by atoms with Gasteiger partial charge in [-0.1, -0.05) is 29.8 Å². The molecule has 8 heteroatoms. The fourth-order valence-corrected chi connectivity index (χ4v) is 3.73. The summed E-state index contributed by atoms with van der Waals surface area (Å²) in [6.07, 6.45) is 1.59. The van der Waals surface area contributed by atoms with Crippen molar-refractivity contribution in [1.82, 2.24) is 4.90 Å². The number of methoxy groups -OCH3 is 2. The first-order chi connectivity index (χ1) is 14.3. The summed E-state index contributed by atoms with van der Waals surface area (Å²) in [5.74, 6) is -0.189. The molecule has 0 atom stereocenters. The first kappa shape index (κ1) is 21.4. The minimum atomic E-state index is -0.517. The zero-order valence-electron chi connectivity index (χ0n) is 17.1. The van der Waals surface area contributed by atoms with Gasteiger partial charge in [-0.05, 0) is 48.0 Å². The van der Waals surface area contributed by atoms with Crippen LogP contribution < -0.4 is 14.2 Å². The van der Waals surface area contributed by atoms with E-state index in [4.69, 9.17) is 14.2 Å². The number of carbonyl (C=O) groups excluding carboxylic acids is 3. The Labute approximate surface area is 178 Å². The molecule has 1 heterocycles. The van der Waals surface area contributed by atoms with Gasteiger partial charge >= 0.3 is 5.97 Å². The summed E-state index contributed by atoms with van der Waals surface area (Å²) in [5, 5.41) is -0.331. The molecule has 2 amide bonds. The molecule has 0 aromatic heterocycles. The van der Waals surface area contributed by atoms with Crippen molar-refractivity contribution in [3.8, 4) is 17.2 Å². The SMILES string of the molecule is COc1cc(/C=C2\SC(=O)N(Cc3ccc(C)cc3)C2=O)cc(OC)c1OC(C)=O. The average molecular weight is 427 g/mol. The van der Waals surface area contributed by atoms with Crippen LogP contribution >= 0.6 is 11.8 Å². The van der Waals surface area contributed by atoms with E-state index in [1.54, 1.807) is 18.2 Å². The smallest absolute Gasteiger partial charge is 0.308 e. The van der Waals surface area contributed by atoms with Crippen LogP contribution in [0.1, 0.15) is 23.6 Å². The van der Waals surface area contributed by atoms with Crippen molar-refractivity contribution in [1.29, 1.82) is 0 Å². The Hall–Kier alpha value is -3.26. The number of ether oxygens (including phenoxy) is 3. The van der Waals surface area contributed by atoms with E-state index in [-0.39, 0.29) is 39.8 Å². The molecule has 156 valence electrons. The minimum Gasteiger partial charge on any atom is -0.493 e. The lowest BCUT2D eigenvalue weighted by molar-refractivity contribution is -0.132. The Morgan fingerprint density at radius 2 is 1.67 bits per heavy atom. The van der Waals surface area contributed by atoms with Crippen molar-refractivity contribution in [3.63, 3.8) is 0 Å². The fourth-order valence-electron chi connectivity index (χ4n) is 2.89. The summed E-state index contributed by atoms with van der Waals surface area (Å²) in [5.41, 5.74) is 2.55. The molecule has 2 aromatic carbocycles. The lowest BCUT2D eigenvalue weighted by Crippen LogP contribution is -2.27. The molecule has 1 aliphatic rings. The number of benzene rings is 2. The Kier molecular flexibility index (Phi) is 6.47. The first-order valence-electron chi connectivity index (χ1n) is 9.07. The Morgan fingerprint density at radius 1 is 1.07 bits per heavy atom. The Balaban J connectivity index is 1.89. The predicted octanol–water partition coefficient (Wildman–Crippen LogP) is 4.17. The van der Waals surface area contributed by atoms with E-state index in [0.717, 1.165) is 22.9 Å². The van der Waals surface area contributed by atoms with Crippen LogP contribution in [0, 0.1) is 6.92 Å². The van der Waals surface area contributed by atoms with E-state index in [0.29, 0.717) is 5.56 Å². The number of imide groups is 1. The third-order valence-electron chi connectivity index (χ3n) is 4.36. The van der Waals surface area contributed by atoms with Gasteiger partial charge in [-0.15, -0.1) is 0 Å². The van der Waals surface area contributed by atoms with Gasteiger partial charge in [-0.25, -0.2) is 0 Å². The van der Waals surface area contributed by atoms with Crippen LogP contribution in [-0.4, -0.2) is 36.2 Å². The summed E-state index contributed by atoms with van der Waals surface area (Å²) in [4.78, 5) is 38.1. The monoisotopic (exact) mass is 427 g/mol. The van der Waals surface area contributed by atoms with Crippen LogP contribution in [0.4, 0.5) is 4.79 Å². The number of esters is 1. The molecular weight excluding hydrogens is 406 g/mol. The number of thioether (sulfide) groups is 1. The van der Waals surface area contributed by atoms with Crippen molar-refractivity contribution in [2.24, 2.45) is 0 Å². The number of carbonyl (C=O) groups is 3. The lowest BCUT2D eigenvalue weighted by Gasteiger charge is -2.14. The van der Waals surface area contributed by atoms with Crippen molar-refractivity contribution in [2.45, 2.75) is 20.4 Å². The van der Waals surface area contributed by atoms with E-state index < -0.39 is 5.97 Å². The van der Waals surface area contributed by atoms with Gasteiger partial charge in [0.1, 0.15) is 0 Å². The number of amides is 2. The number of aryl methyl sites for hydroxylation is 1. The van der Waals surface area contributed by atoms with Crippen LogP contribution in [-0.2, 0) is 16.1 Å². The number of hydrogen-bond donors (Lipinski definition) is 0. The third-order valence-corrected chi connectivity index (χ3v) is 5.27. The molecule has 0 radical (unpaired) electrons. The maximum absolute atomic E-state index is 12.8. The van der Waals surface area contributed by atoms with Gasteiger partial charge in [0.25, 0.3) is 11.1 Å². The van der Waals surface area contributed by atoms with Gasteiger partial charge in [-0.3, -0.25) is 19.3 Å². The molecule has 0 N–H and O–H groups in total. The van der Waals surface area contributed by atoms with Gasteiger partial charge < -0.3 is 14.2 Å². The molecule has 2 aromatic rings. The molecule has 0 spiro atoms. The van der Waals surface area contributed by atoms with Gasteiger partial charge in [0.15, 0.2) is 11.5 Å². The minimum absolute atomic E-state index is 0.150. The molecule has 0 saturated carbocycles. The number of nitrogens with zero attached hydrogens (tertiary/aromatic N) is 1. The van der Waals surface area contributed by atoms with E-state index in [1.165, 1.54) is 26.0 Å². The molecule has 7 nitrogen and oxygen atoms in total. The third kappa shape index (κ3) is 4.65. The second kappa shape index (κ2) is 9.04. The summed E-state index contributed by atoms with van der Waals surface area (Å²) in [6.45, 7) is 3.46. The second-order valence-corrected chi connectivity index (χ2v) is 7.59. The maximum atomic E-state index is 12.8. The molecular formula is C22H21NO6S. The predicted molar refractivity (Wildman–Crippen MR) is 114 cm³/mol. The molecule has 3 rings (SSSR count). The van der Waals surface area contributed by atoms with Crippen LogP contribution in [0.15, 0.2) is 41.3 Å². The molecule has 0 unspecified atom stereocenters. The second-order valence-electron chi connectivity index (χ2n) is 6.60. The molecule has 1 saturated heterocycles. The highest BCUT2D eigenvalue weighted by Crippen LogP contribution is 2.40. The topological polar surface area (TPSA) is 82.1 Å². The summed E-state index contributed by atoms with van der Waals surface area (Å²) >= 11 is 0.872. The standard InChI is InChI=1S/C22H21NO6S/c1-13-5-7-15(8-6-13)12-23-21(25)19(30-22(23)26)11-16-9-17(27-3)20(29-14(2)24)18(10-16)28-4/h5-11H,12H2,1-4H3/b19-11-. The summed E-state index contributed by atoms with van der Waals surface area (Å²) < 4.78 is 15.8. The van der Waals surface area contributed by atoms with Gasteiger partial charge in [0.2, 0.25) is 5.75 Å². The maximum Gasteiger partial charge on any atom is 0.308 e. The fraction of sp³-hybridized carbons (Fsp3) is 0.227. The molecule has 0 aliphatic carbocycles. The van der Waals surface area contributed by atoms with E-state index in [1.807, 2.05) is 31.2 Å². The van der Waals surface area contributed by atoms with Gasteiger partial charge in [-0.2, -0.15) is 0 Å². The first-order valence-corrected chi connectivity index (χ1v) is 9.89. The van der Waals surface area contributed by atoms with Crippen LogP contribution in [0.5, 0.6) is 17.2 Å². The molecule has 1 aliphatic heterocycles. The van der Waals surface area contributed by atoms with E-state index >= 15 is 0 Å². The van der Waals surface area contributed by atoms with Crippen molar-refractivity contribution >= 4 is 35.0 Å². The molecule has 1 fully saturated rings. The van der Waals surface area contributed by atoms with Crippen LogP contribution in [0.2, 0.25) is 0 Å². The van der Waals surface area contributed by atoms with Gasteiger partial charge in [0.05, 0.1) is 25.7 Å². The Morgan fingerprint density at radius 3 is 2.20 bits per heavy atom. The number of hydrogen-bond acceptors (Lipinski definition) is 7. The van der Waals surface area contributed by atoms with Crippen LogP contribution in [0.3, 0.4) is 0 Å². The summed E-state index contributed by atoms with van der Waals surface area (Å²) in [7, 11) is 2.86. The normalized spacial score (nSPS) is 14.9. The van der Waals surface area contributed by atoms with Crippen molar-refractivity contribution < 1.29 is 28.6 Å². The van der Waals surface area contributed by atoms with E-state index in [2.05, 4.69) is 0 Å². The highest BCUT2D eigenvalue weighted by Gasteiger charge is 2.35. The molecule has 0 bridgehead atoms. The van der Waals surface area contributed by atoms with Crippen LogP contribution in [0.25, 0.3) is 6.08 Å². The molecule has 30 heavy (non-hydrogen) atoms. The highest BCUT2D eigenvalue weighted by atomic mass is 32.2. The van der Waals surface area contributed by atoms with Gasteiger partial charge in [0, 0.05) is 6.92 Å². The summed E-state index contributed by atoms with van der Waals surface area (Å²) in [6, 6.07) is 10.9. The Bertz CT molecular complexity index is 1000. The average Bonchev–Trinajstić information content (AvgIpc) is 2.97. The van der Waals surface area contributed by atoms with Crippen molar-refractivity contribution in [3.05, 3.63) is 58.0 Å². The zero-order valence-corrected chi connectivity index (χ0v) is 17.9. The highest BCUT2D eigenvalue weighted by molar-refractivity contribution is 8.18. The number of rotatable bonds is 6. The lowest BCUT2D eigenvalue weighted by atomic mass is 10.1. The van der Waals surface area contributed by atoms with Crippen molar-refractivity contribution in [2.75, 3.05) is 14.2 Å². The zero-order chi connectivity index (χ0) is 21.8. The largest absolute Gasteiger partial charge is 0.493 e. The quantitative estimate of drug-likeness (QED) is 0.389.